The van der Waals surface area contributed by atoms with Gasteiger partial charge < -0.3 is 10.1 Å². The van der Waals surface area contributed by atoms with Crippen LogP contribution in [-0.2, 0) is 17.5 Å². The van der Waals surface area contributed by atoms with E-state index in [0.29, 0.717) is 0 Å². The van der Waals surface area contributed by atoms with Crippen LogP contribution < -0.4 is 10.9 Å². The van der Waals surface area contributed by atoms with Gasteiger partial charge in [0.1, 0.15) is 5.69 Å². The van der Waals surface area contributed by atoms with Crippen LogP contribution in [0.2, 0.25) is 5.02 Å². The first-order valence-electron chi connectivity index (χ1n) is 6.97. The molecular formula is C15H13ClF3N3O3. The molecule has 2 aromatic rings. The third-order valence-electron chi connectivity index (χ3n) is 3.14. The number of nitrogens with one attached hydrogen (secondary N) is 1. The summed E-state index contributed by atoms with van der Waals surface area (Å²) in [6.45, 7) is 0.347. The van der Waals surface area contributed by atoms with Gasteiger partial charge in [-0.2, -0.15) is 18.3 Å². The highest BCUT2D eigenvalue weighted by Crippen LogP contribution is 2.36. The van der Waals surface area contributed by atoms with E-state index in [9.17, 15) is 22.8 Å². The van der Waals surface area contributed by atoms with E-state index in [1.165, 1.54) is 19.2 Å². The zero-order chi connectivity index (χ0) is 18.6. The second-order valence-corrected chi connectivity index (χ2v) is 5.33. The minimum atomic E-state index is -4.65. The van der Waals surface area contributed by atoms with Crippen molar-refractivity contribution in [2.24, 2.45) is 0 Å². The van der Waals surface area contributed by atoms with Crippen molar-refractivity contribution < 1.29 is 22.7 Å². The van der Waals surface area contributed by atoms with Gasteiger partial charge in [0, 0.05) is 18.9 Å². The molecule has 0 aliphatic carbocycles. The number of halogens is 4. The molecule has 2 rings (SSSR count). The number of alkyl halides is 3. The Labute approximate surface area is 145 Å². The molecule has 134 valence electrons. The predicted octanol–water partition coefficient (Wildman–Crippen LogP) is 2.81. The normalized spacial score (nSPS) is 11.4. The minimum Gasteiger partial charge on any atom is -0.383 e. The Morgan fingerprint density at radius 2 is 2.04 bits per heavy atom. The van der Waals surface area contributed by atoms with Crippen LogP contribution in [0.1, 0.15) is 16.1 Å². The molecule has 1 aromatic heterocycles. The summed E-state index contributed by atoms with van der Waals surface area (Å²) in [6.07, 6.45) is -4.65. The molecule has 0 bridgehead atoms. The fraction of sp³-hybridized carbons (Fsp3) is 0.267. The Morgan fingerprint density at radius 3 is 2.68 bits per heavy atom. The average molecular weight is 376 g/mol. The van der Waals surface area contributed by atoms with Gasteiger partial charge in [-0.1, -0.05) is 11.6 Å². The molecule has 0 saturated carbocycles. The van der Waals surface area contributed by atoms with Crippen molar-refractivity contribution in [3.63, 3.8) is 0 Å². The van der Waals surface area contributed by atoms with Crippen LogP contribution in [-0.4, -0.2) is 29.4 Å². The standard InChI is InChI=1S/C15H13ClF3N3O3/c1-25-7-6-22-13(23)5-4-12(21-22)14(24)20-9-2-3-11(16)10(8-9)15(17,18)19/h2-5,8H,6-7H2,1H3,(H,20,24). The van der Waals surface area contributed by atoms with E-state index in [2.05, 4.69) is 10.4 Å². The number of nitrogens with zero attached hydrogens (tertiary/aromatic N) is 2. The fourth-order valence-electron chi connectivity index (χ4n) is 1.92. The molecule has 0 unspecified atom stereocenters. The van der Waals surface area contributed by atoms with Gasteiger partial charge in [-0.3, -0.25) is 9.59 Å². The summed E-state index contributed by atoms with van der Waals surface area (Å²) >= 11 is 5.53. The molecule has 0 atom stereocenters. The third kappa shape index (κ3) is 4.80. The Balaban J connectivity index is 2.24. The molecule has 0 aliphatic heterocycles. The lowest BCUT2D eigenvalue weighted by molar-refractivity contribution is -0.137. The van der Waals surface area contributed by atoms with Gasteiger partial charge >= 0.3 is 6.18 Å². The number of amides is 1. The number of carbonyl (C=O) groups excluding carboxylic acids is 1. The summed E-state index contributed by atoms with van der Waals surface area (Å²) in [4.78, 5) is 23.8. The van der Waals surface area contributed by atoms with Crippen molar-refractivity contribution in [2.45, 2.75) is 12.7 Å². The Bertz CT molecular complexity index is 837. The monoisotopic (exact) mass is 375 g/mol. The molecule has 10 heteroatoms. The average Bonchev–Trinajstić information content (AvgIpc) is 2.54. The summed E-state index contributed by atoms with van der Waals surface area (Å²) in [5, 5.41) is 5.68. The molecule has 1 N–H and O–H groups in total. The van der Waals surface area contributed by atoms with Gasteiger partial charge in [-0.25, -0.2) is 4.68 Å². The lowest BCUT2D eigenvalue weighted by Crippen LogP contribution is -2.27. The quantitative estimate of drug-likeness (QED) is 0.872. The van der Waals surface area contributed by atoms with Crippen molar-refractivity contribution in [3.8, 4) is 0 Å². The Kier molecular flexibility index (Phi) is 5.81. The molecule has 1 amide bonds. The van der Waals surface area contributed by atoms with E-state index in [1.54, 1.807) is 0 Å². The van der Waals surface area contributed by atoms with Crippen molar-refractivity contribution in [1.82, 2.24) is 9.78 Å². The molecule has 1 aromatic carbocycles. The topological polar surface area (TPSA) is 73.2 Å². The summed E-state index contributed by atoms with van der Waals surface area (Å²) in [6, 6.07) is 5.31. The SMILES string of the molecule is COCCn1nc(C(=O)Nc2ccc(Cl)c(C(F)(F)F)c2)ccc1=O. The zero-order valence-corrected chi connectivity index (χ0v) is 13.7. The predicted molar refractivity (Wildman–Crippen MR) is 84.8 cm³/mol. The second kappa shape index (κ2) is 7.66. The third-order valence-corrected chi connectivity index (χ3v) is 3.47. The largest absolute Gasteiger partial charge is 0.417 e. The summed E-state index contributed by atoms with van der Waals surface area (Å²) in [5.41, 5.74) is -1.72. The molecule has 0 radical (unpaired) electrons. The van der Waals surface area contributed by atoms with E-state index in [1.807, 2.05) is 0 Å². The van der Waals surface area contributed by atoms with E-state index in [4.69, 9.17) is 16.3 Å². The van der Waals surface area contributed by atoms with Crippen molar-refractivity contribution in [1.29, 1.82) is 0 Å². The maximum absolute atomic E-state index is 12.8. The van der Waals surface area contributed by atoms with Gasteiger partial charge in [0.2, 0.25) is 0 Å². The zero-order valence-electron chi connectivity index (χ0n) is 12.9. The number of aromatic nitrogens is 2. The first kappa shape index (κ1) is 18.9. The number of benzene rings is 1. The maximum atomic E-state index is 12.8. The maximum Gasteiger partial charge on any atom is 0.417 e. The lowest BCUT2D eigenvalue weighted by Gasteiger charge is -2.12. The Hall–Kier alpha value is -2.39. The number of anilines is 1. The lowest BCUT2D eigenvalue weighted by atomic mass is 10.2. The van der Waals surface area contributed by atoms with Gasteiger partial charge in [-0.05, 0) is 24.3 Å². The van der Waals surface area contributed by atoms with Gasteiger partial charge in [0.25, 0.3) is 11.5 Å². The molecule has 0 aliphatic rings. The first-order chi connectivity index (χ1) is 11.7. The summed E-state index contributed by atoms with van der Waals surface area (Å²) in [5.74, 6) is -0.762. The van der Waals surface area contributed by atoms with E-state index in [-0.39, 0.29) is 24.5 Å². The second-order valence-electron chi connectivity index (χ2n) is 4.92. The molecular weight excluding hydrogens is 363 g/mol. The number of methoxy groups -OCH3 is 1. The van der Waals surface area contributed by atoms with Gasteiger partial charge in [0.15, 0.2) is 0 Å². The van der Waals surface area contributed by atoms with Crippen LogP contribution in [0.4, 0.5) is 18.9 Å². The fourth-order valence-corrected chi connectivity index (χ4v) is 2.15. The molecule has 0 spiro atoms. The van der Waals surface area contributed by atoms with Crippen LogP contribution in [0.3, 0.4) is 0 Å². The first-order valence-corrected chi connectivity index (χ1v) is 7.35. The van der Waals surface area contributed by atoms with Crippen LogP contribution in [0.5, 0.6) is 0 Å². The smallest absolute Gasteiger partial charge is 0.383 e. The van der Waals surface area contributed by atoms with Crippen molar-refractivity contribution in [3.05, 3.63) is 57.0 Å². The molecule has 25 heavy (non-hydrogen) atoms. The minimum absolute atomic E-state index is 0.0989. The number of carbonyl (C=O) groups is 1. The summed E-state index contributed by atoms with van der Waals surface area (Å²) in [7, 11) is 1.44. The van der Waals surface area contributed by atoms with Crippen molar-refractivity contribution >= 4 is 23.2 Å². The van der Waals surface area contributed by atoms with Gasteiger partial charge in [0.05, 0.1) is 23.7 Å². The van der Waals surface area contributed by atoms with Gasteiger partial charge in [-0.15, -0.1) is 0 Å². The Morgan fingerprint density at radius 1 is 1.32 bits per heavy atom. The molecule has 1 heterocycles. The van der Waals surface area contributed by atoms with Crippen molar-refractivity contribution in [2.75, 3.05) is 19.0 Å². The highest BCUT2D eigenvalue weighted by molar-refractivity contribution is 6.31. The number of hydrogen-bond acceptors (Lipinski definition) is 4. The number of hydrogen-bond donors (Lipinski definition) is 1. The van der Waals surface area contributed by atoms with Crippen LogP contribution in [0.15, 0.2) is 35.1 Å². The van der Waals surface area contributed by atoms with Crippen LogP contribution in [0, 0.1) is 0 Å². The molecule has 6 nitrogen and oxygen atoms in total. The molecule has 0 fully saturated rings. The number of rotatable bonds is 5. The summed E-state index contributed by atoms with van der Waals surface area (Å²) < 4.78 is 44.4. The number of ether oxygens (including phenoxy) is 1. The van der Waals surface area contributed by atoms with Crippen LogP contribution in [0.25, 0.3) is 0 Å². The van der Waals surface area contributed by atoms with E-state index in [0.717, 1.165) is 22.9 Å². The van der Waals surface area contributed by atoms with E-state index < -0.39 is 28.2 Å². The highest BCUT2D eigenvalue weighted by Gasteiger charge is 2.33. The molecule has 0 saturated heterocycles. The van der Waals surface area contributed by atoms with Crippen LogP contribution >= 0.6 is 11.6 Å². The highest BCUT2D eigenvalue weighted by atomic mass is 35.5. The van der Waals surface area contributed by atoms with E-state index >= 15 is 0 Å².